The average molecular weight is 334 g/mol. The van der Waals surface area contributed by atoms with Gasteiger partial charge in [-0.1, -0.05) is 17.7 Å². The van der Waals surface area contributed by atoms with Gasteiger partial charge in [-0.3, -0.25) is 19.7 Å². The highest BCUT2D eigenvalue weighted by atomic mass is 35.5. The molecule has 23 heavy (non-hydrogen) atoms. The van der Waals surface area contributed by atoms with Crippen molar-refractivity contribution in [1.29, 1.82) is 0 Å². The Balaban J connectivity index is 2.30. The fourth-order valence-corrected chi connectivity index (χ4v) is 2.28. The number of nitrogens with zero attached hydrogens (tertiary/aromatic N) is 1. The van der Waals surface area contributed by atoms with E-state index in [1.54, 1.807) is 25.1 Å². The summed E-state index contributed by atoms with van der Waals surface area (Å²) in [6.07, 6.45) is 0. The van der Waals surface area contributed by atoms with E-state index < -0.39 is 16.7 Å². The molecule has 2 rings (SSSR count). The fourth-order valence-electron chi connectivity index (χ4n) is 2.03. The maximum absolute atomic E-state index is 12.2. The number of anilines is 1. The SMILES string of the molecule is Cc1c(NC(=O)c2ccc([N+](=O)[O-])c(Cl)c2)cccc1C(N)=O. The van der Waals surface area contributed by atoms with Gasteiger partial charge in [0, 0.05) is 22.9 Å². The summed E-state index contributed by atoms with van der Waals surface area (Å²) in [4.78, 5) is 33.6. The summed E-state index contributed by atoms with van der Waals surface area (Å²) in [5.74, 6) is -1.11. The van der Waals surface area contributed by atoms with Crippen LogP contribution < -0.4 is 11.1 Å². The van der Waals surface area contributed by atoms with Crippen LogP contribution in [0, 0.1) is 17.0 Å². The molecule has 118 valence electrons. The van der Waals surface area contributed by atoms with Gasteiger partial charge >= 0.3 is 0 Å². The molecule has 0 aliphatic heterocycles. The van der Waals surface area contributed by atoms with Gasteiger partial charge in [-0.2, -0.15) is 0 Å². The lowest BCUT2D eigenvalue weighted by Crippen LogP contribution is -2.16. The predicted octanol–water partition coefficient (Wildman–Crippen LogP) is 2.91. The minimum absolute atomic E-state index is 0.134. The summed E-state index contributed by atoms with van der Waals surface area (Å²) >= 11 is 5.79. The Morgan fingerprint density at radius 2 is 1.96 bits per heavy atom. The molecule has 0 saturated carbocycles. The molecule has 0 aromatic heterocycles. The normalized spacial score (nSPS) is 10.2. The van der Waals surface area contributed by atoms with Crippen molar-refractivity contribution in [3.05, 3.63) is 68.2 Å². The standard InChI is InChI=1S/C15H12ClN3O4/c1-8-10(14(17)20)3-2-4-12(8)18-15(21)9-5-6-13(19(22)23)11(16)7-9/h2-7H,1H3,(H2,17,20)(H,18,21). The van der Waals surface area contributed by atoms with Crippen LogP contribution in [0.15, 0.2) is 36.4 Å². The van der Waals surface area contributed by atoms with Gasteiger partial charge in [-0.05, 0) is 36.8 Å². The zero-order chi connectivity index (χ0) is 17.1. The van der Waals surface area contributed by atoms with E-state index in [0.717, 1.165) is 6.07 Å². The first-order valence-corrected chi connectivity index (χ1v) is 6.83. The molecule has 0 saturated heterocycles. The van der Waals surface area contributed by atoms with Crippen LogP contribution in [0.3, 0.4) is 0 Å². The van der Waals surface area contributed by atoms with Crippen LogP contribution in [0.4, 0.5) is 11.4 Å². The number of nitro benzene ring substituents is 1. The Labute approximate surface area is 136 Å². The number of benzene rings is 2. The quantitative estimate of drug-likeness (QED) is 0.661. The van der Waals surface area contributed by atoms with E-state index in [1.807, 2.05) is 0 Å². The Morgan fingerprint density at radius 3 is 2.52 bits per heavy atom. The Hall–Kier alpha value is -2.93. The van der Waals surface area contributed by atoms with Crippen LogP contribution in [-0.4, -0.2) is 16.7 Å². The lowest BCUT2D eigenvalue weighted by atomic mass is 10.1. The van der Waals surface area contributed by atoms with Gasteiger partial charge in [0.15, 0.2) is 0 Å². The lowest BCUT2D eigenvalue weighted by Gasteiger charge is -2.11. The van der Waals surface area contributed by atoms with E-state index in [2.05, 4.69) is 5.32 Å². The molecule has 0 heterocycles. The molecule has 2 aromatic rings. The van der Waals surface area contributed by atoms with Crippen LogP contribution in [0.2, 0.25) is 5.02 Å². The summed E-state index contributed by atoms with van der Waals surface area (Å²) in [5.41, 5.74) is 6.37. The Morgan fingerprint density at radius 1 is 1.26 bits per heavy atom. The van der Waals surface area contributed by atoms with Gasteiger partial charge in [-0.25, -0.2) is 0 Å². The molecule has 3 N–H and O–H groups in total. The minimum Gasteiger partial charge on any atom is -0.366 e. The number of nitrogens with two attached hydrogens (primary N) is 1. The molecule has 0 spiro atoms. The number of carbonyl (C=O) groups is 2. The summed E-state index contributed by atoms with van der Waals surface area (Å²) in [7, 11) is 0. The number of halogens is 1. The van der Waals surface area contributed by atoms with Crippen LogP contribution in [0.25, 0.3) is 0 Å². The van der Waals surface area contributed by atoms with Gasteiger partial charge in [0.05, 0.1) is 4.92 Å². The molecule has 8 heteroatoms. The molecule has 7 nitrogen and oxygen atoms in total. The van der Waals surface area contributed by atoms with Crippen LogP contribution in [0.5, 0.6) is 0 Å². The molecule has 0 fully saturated rings. The van der Waals surface area contributed by atoms with Crippen molar-refractivity contribution in [1.82, 2.24) is 0 Å². The van der Waals surface area contributed by atoms with Crippen molar-refractivity contribution in [2.75, 3.05) is 5.32 Å². The van der Waals surface area contributed by atoms with Gasteiger partial charge in [0.2, 0.25) is 5.91 Å². The molecule has 0 aliphatic rings. The molecule has 0 bridgehead atoms. The number of hydrogen-bond donors (Lipinski definition) is 2. The average Bonchev–Trinajstić information content (AvgIpc) is 2.48. The third-order valence-electron chi connectivity index (χ3n) is 3.25. The molecular weight excluding hydrogens is 322 g/mol. The summed E-state index contributed by atoms with van der Waals surface area (Å²) in [6, 6.07) is 8.42. The molecule has 0 unspecified atom stereocenters. The van der Waals surface area contributed by atoms with Crippen LogP contribution in [-0.2, 0) is 0 Å². The molecular formula is C15H12ClN3O4. The predicted molar refractivity (Wildman–Crippen MR) is 85.8 cm³/mol. The number of amides is 2. The second-order valence-corrected chi connectivity index (χ2v) is 5.13. The maximum atomic E-state index is 12.2. The van der Waals surface area contributed by atoms with E-state index >= 15 is 0 Å². The second kappa shape index (κ2) is 6.45. The summed E-state index contributed by atoms with van der Waals surface area (Å²) in [6.45, 7) is 1.65. The maximum Gasteiger partial charge on any atom is 0.287 e. The number of primary amides is 1. The highest BCUT2D eigenvalue weighted by Gasteiger charge is 2.16. The Bertz CT molecular complexity index is 820. The van der Waals surface area contributed by atoms with Crippen molar-refractivity contribution in [3.63, 3.8) is 0 Å². The third kappa shape index (κ3) is 3.46. The summed E-state index contributed by atoms with van der Waals surface area (Å²) in [5, 5.41) is 13.2. The number of hydrogen-bond acceptors (Lipinski definition) is 4. The topological polar surface area (TPSA) is 115 Å². The van der Waals surface area contributed by atoms with E-state index in [9.17, 15) is 19.7 Å². The van der Waals surface area contributed by atoms with E-state index in [4.69, 9.17) is 17.3 Å². The van der Waals surface area contributed by atoms with Gasteiger partial charge in [0.25, 0.3) is 11.6 Å². The van der Waals surface area contributed by atoms with E-state index in [1.165, 1.54) is 12.1 Å². The van der Waals surface area contributed by atoms with Gasteiger partial charge in [0.1, 0.15) is 5.02 Å². The fraction of sp³-hybridized carbons (Fsp3) is 0.0667. The third-order valence-corrected chi connectivity index (χ3v) is 3.56. The largest absolute Gasteiger partial charge is 0.366 e. The second-order valence-electron chi connectivity index (χ2n) is 4.72. The zero-order valence-corrected chi connectivity index (χ0v) is 12.8. The smallest absolute Gasteiger partial charge is 0.287 e. The minimum atomic E-state index is -0.634. The Kier molecular flexibility index (Phi) is 4.61. The van der Waals surface area contributed by atoms with Crippen LogP contribution in [0.1, 0.15) is 26.3 Å². The molecule has 0 radical (unpaired) electrons. The lowest BCUT2D eigenvalue weighted by molar-refractivity contribution is -0.384. The number of carbonyl (C=O) groups excluding carboxylic acids is 2. The highest BCUT2D eigenvalue weighted by molar-refractivity contribution is 6.33. The first kappa shape index (κ1) is 16.4. The molecule has 2 amide bonds. The van der Waals surface area contributed by atoms with Crippen LogP contribution >= 0.6 is 11.6 Å². The highest BCUT2D eigenvalue weighted by Crippen LogP contribution is 2.26. The molecule has 0 atom stereocenters. The monoisotopic (exact) mass is 333 g/mol. The van der Waals surface area contributed by atoms with Gasteiger partial charge < -0.3 is 11.1 Å². The van der Waals surface area contributed by atoms with Crippen molar-refractivity contribution < 1.29 is 14.5 Å². The van der Waals surface area contributed by atoms with Crippen molar-refractivity contribution in [2.45, 2.75) is 6.92 Å². The summed E-state index contributed by atoms with van der Waals surface area (Å²) < 4.78 is 0. The molecule has 0 aliphatic carbocycles. The van der Waals surface area contributed by atoms with Crippen molar-refractivity contribution in [2.24, 2.45) is 5.73 Å². The number of rotatable bonds is 4. The number of nitrogens with one attached hydrogen (secondary N) is 1. The first-order valence-electron chi connectivity index (χ1n) is 6.46. The van der Waals surface area contributed by atoms with E-state index in [0.29, 0.717) is 16.8 Å². The van der Waals surface area contributed by atoms with Crippen molar-refractivity contribution in [3.8, 4) is 0 Å². The van der Waals surface area contributed by atoms with E-state index in [-0.39, 0.29) is 16.3 Å². The zero-order valence-electron chi connectivity index (χ0n) is 12.0. The number of nitro groups is 1. The van der Waals surface area contributed by atoms with Gasteiger partial charge in [-0.15, -0.1) is 0 Å². The molecule has 2 aromatic carbocycles. The van der Waals surface area contributed by atoms with Crippen molar-refractivity contribution >= 4 is 34.8 Å². The first-order chi connectivity index (χ1) is 10.8.